The molecule has 1 heterocycles. The smallest absolute Gasteiger partial charge is 0.157 e. The van der Waals surface area contributed by atoms with Gasteiger partial charge < -0.3 is 5.32 Å². The van der Waals surface area contributed by atoms with Crippen LogP contribution in [0.3, 0.4) is 0 Å². The van der Waals surface area contributed by atoms with Crippen molar-refractivity contribution in [3.05, 3.63) is 23.9 Å². The Labute approximate surface area is 52.8 Å². The molecule has 3 heteroatoms. The van der Waals surface area contributed by atoms with E-state index in [0.29, 0.717) is 0 Å². The summed E-state index contributed by atoms with van der Waals surface area (Å²) in [6, 6.07) is 0. The second-order valence-corrected chi connectivity index (χ2v) is 1.76. The fraction of sp³-hybridized carbons (Fsp3) is 0.167. The molecule has 0 bridgehead atoms. The molecule has 0 saturated heterocycles. The van der Waals surface area contributed by atoms with Gasteiger partial charge in [0.25, 0.3) is 0 Å². The highest BCUT2D eigenvalue weighted by Crippen LogP contribution is 1.97. The van der Waals surface area contributed by atoms with Crippen molar-refractivity contribution in [1.29, 1.82) is 0 Å². The van der Waals surface area contributed by atoms with Gasteiger partial charge in [-0.3, -0.25) is 4.99 Å². The Hall–Kier alpha value is -1.12. The van der Waals surface area contributed by atoms with Gasteiger partial charge in [0.1, 0.15) is 0 Å². The number of nitrogens with one attached hydrogen (secondary N) is 1. The molecule has 0 aliphatic carbocycles. The number of hydrogen-bond acceptors (Lipinski definition) is 2. The molecule has 1 aliphatic rings. The molecule has 0 aromatic rings. The van der Waals surface area contributed by atoms with E-state index in [9.17, 15) is 4.39 Å². The first-order valence-electron chi connectivity index (χ1n) is 2.61. The van der Waals surface area contributed by atoms with Gasteiger partial charge in [-0.1, -0.05) is 0 Å². The fourth-order valence-corrected chi connectivity index (χ4v) is 0.478. The summed E-state index contributed by atoms with van der Waals surface area (Å²) in [7, 11) is 0. The van der Waals surface area contributed by atoms with Gasteiger partial charge in [0.15, 0.2) is 5.83 Å². The van der Waals surface area contributed by atoms with Gasteiger partial charge >= 0.3 is 0 Å². The van der Waals surface area contributed by atoms with Gasteiger partial charge in [0, 0.05) is 18.1 Å². The van der Waals surface area contributed by atoms with Crippen molar-refractivity contribution in [2.45, 2.75) is 6.92 Å². The summed E-state index contributed by atoms with van der Waals surface area (Å²) < 4.78 is 12.2. The summed E-state index contributed by atoms with van der Waals surface area (Å²) in [5.41, 5.74) is 0.832. The monoisotopic (exact) mass is 126 g/mol. The molecular formula is C6H7FN2. The van der Waals surface area contributed by atoms with Crippen LogP contribution in [0.15, 0.2) is 28.9 Å². The quantitative estimate of drug-likeness (QED) is 0.520. The standard InChI is InChI=1S/C6H7FN2/c1-5-2-8-3-6(7)4-9-5/h2-4,9H,1H3. The first-order chi connectivity index (χ1) is 4.29. The third kappa shape index (κ3) is 1.68. The van der Waals surface area contributed by atoms with Crippen molar-refractivity contribution in [2.75, 3.05) is 0 Å². The summed E-state index contributed by atoms with van der Waals surface area (Å²) in [5, 5.41) is 2.69. The zero-order chi connectivity index (χ0) is 6.69. The van der Waals surface area contributed by atoms with Crippen LogP contribution in [0.2, 0.25) is 0 Å². The van der Waals surface area contributed by atoms with Gasteiger partial charge in [-0.2, -0.15) is 0 Å². The van der Waals surface area contributed by atoms with Crippen LogP contribution in [0.25, 0.3) is 0 Å². The van der Waals surface area contributed by atoms with Crippen LogP contribution in [-0.4, -0.2) is 6.21 Å². The van der Waals surface area contributed by atoms with Gasteiger partial charge in [-0.15, -0.1) is 0 Å². The van der Waals surface area contributed by atoms with Crippen molar-refractivity contribution in [1.82, 2.24) is 5.32 Å². The second-order valence-electron chi connectivity index (χ2n) is 1.76. The van der Waals surface area contributed by atoms with Crippen LogP contribution in [0.4, 0.5) is 4.39 Å². The normalized spacial score (nSPS) is 17.6. The van der Waals surface area contributed by atoms with Gasteiger partial charge in [-0.05, 0) is 6.92 Å². The van der Waals surface area contributed by atoms with E-state index in [-0.39, 0.29) is 5.83 Å². The molecule has 0 unspecified atom stereocenters. The SMILES string of the molecule is CC1=CN=CC(F)=CN1. The number of aliphatic imine (C=N–C) groups is 1. The maximum absolute atomic E-state index is 12.2. The van der Waals surface area contributed by atoms with E-state index >= 15 is 0 Å². The summed E-state index contributed by atoms with van der Waals surface area (Å²) in [4.78, 5) is 3.64. The van der Waals surface area contributed by atoms with Crippen LogP contribution in [0.1, 0.15) is 6.92 Å². The van der Waals surface area contributed by atoms with Gasteiger partial charge in [-0.25, -0.2) is 4.39 Å². The first kappa shape index (κ1) is 6.01. The van der Waals surface area contributed by atoms with E-state index in [1.807, 2.05) is 6.92 Å². The molecule has 48 valence electrons. The third-order valence-electron chi connectivity index (χ3n) is 0.904. The van der Waals surface area contributed by atoms with Gasteiger partial charge in [0.2, 0.25) is 0 Å². The van der Waals surface area contributed by atoms with Crippen molar-refractivity contribution in [3.8, 4) is 0 Å². The number of hydrogen-bond donors (Lipinski definition) is 1. The van der Waals surface area contributed by atoms with Crippen molar-refractivity contribution in [2.24, 2.45) is 4.99 Å². The van der Waals surface area contributed by atoms with E-state index in [2.05, 4.69) is 10.3 Å². The molecule has 1 N–H and O–H groups in total. The molecule has 0 spiro atoms. The predicted octanol–water partition coefficient (Wildman–Crippen LogP) is 1.33. The maximum Gasteiger partial charge on any atom is 0.157 e. The Morgan fingerprint density at radius 3 is 3.22 bits per heavy atom. The molecule has 0 aromatic heterocycles. The van der Waals surface area contributed by atoms with Gasteiger partial charge in [0.05, 0.1) is 6.21 Å². The van der Waals surface area contributed by atoms with Crippen molar-refractivity contribution >= 4 is 6.21 Å². The zero-order valence-electron chi connectivity index (χ0n) is 5.06. The minimum Gasteiger partial charge on any atom is -0.361 e. The summed E-state index contributed by atoms with van der Waals surface area (Å²) in [5.74, 6) is -0.358. The highest BCUT2D eigenvalue weighted by Gasteiger charge is 1.91. The molecule has 0 amide bonds. The van der Waals surface area contributed by atoms with Crippen LogP contribution >= 0.6 is 0 Å². The maximum atomic E-state index is 12.2. The Morgan fingerprint density at radius 2 is 2.44 bits per heavy atom. The predicted molar refractivity (Wildman–Crippen MR) is 34.6 cm³/mol. The molecule has 9 heavy (non-hydrogen) atoms. The lowest BCUT2D eigenvalue weighted by Crippen LogP contribution is -1.99. The average molecular weight is 126 g/mol. The highest BCUT2D eigenvalue weighted by molar-refractivity contribution is 5.76. The van der Waals surface area contributed by atoms with Crippen LogP contribution in [-0.2, 0) is 0 Å². The molecule has 0 aromatic carbocycles. The molecule has 0 fully saturated rings. The molecule has 1 aliphatic heterocycles. The Kier molecular flexibility index (Phi) is 1.63. The number of rotatable bonds is 0. The highest BCUT2D eigenvalue weighted by atomic mass is 19.1. The largest absolute Gasteiger partial charge is 0.361 e. The Balaban J connectivity index is 2.75. The lowest BCUT2D eigenvalue weighted by Gasteiger charge is -1.92. The number of nitrogens with zero attached hydrogens (tertiary/aromatic N) is 1. The Bertz CT molecular complexity index is 188. The number of allylic oxidation sites excluding steroid dienone is 2. The molecule has 2 nitrogen and oxygen atoms in total. The fourth-order valence-electron chi connectivity index (χ4n) is 0.478. The van der Waals surface area contributed by atoms with E-state index in [1.54, 1.807) is 6.20 Å². The number of halogens is 1. The lowest BCUT2D eigenvalue weighted by atomic mass is 10.5. The van der Waals surface area contributed by atoms with Crippen molar-refractivity contribution < 1.29 is 4.39 Å². The van der Waals surface area contributed by atoms with Crippen LogP contribution in [0.5, 0.6) is 0 Å². The first-order valence-corrected chi connectivity index (χ1v) is 2.61. The average Bonchev–Trinajstić information content (AvgIpc) is 1.97. The minimum absolute atomic E-state index is 0.358. The zero-order valence-corrected chi connectivity index (χ0v) is 5.06. The minimum atomic E-state index is -0.358. The Morgan fingerprint density at radius 1 is 1.67 bits per heavy atom. The van der Waals surface area contributed by atoms with E-state index in [0.717, 1.165) is 11.9 Å². The summed E-state index contributed by atoms with van der Waals surface area (Å²) >= 11 is 0. The van der Waals surface area contributed by atoms with E-state index < -0.39 is 0 Å². The molecule has 0 saturated carbocycles. The van der Waals surface area contributed by atoms with Crippen LogP contribution in [0, 0.1) is 0 Å². The molecule has 0 radical (unpaired) electrons. The lowest BCUT2D eigenvalue weighted by molar-refractivity contribution is 0.678. The molecule has 0 atom stereocenters. The van der Waals surface area contributed by atoms with E-state index in [1.165, 1.54) is 6.20 Å². The second kappa shape index (κ2) is 2.44. The van der Waals surface area contributed by atoms with Crippen LogP contribution < -0.4 is 5.32 Å². The van der Waals surface area contributed by atoms with E-state index in [4.69, 9.17) is 0 Å². The molecular weight excluding hydrogens is 119 g/mol. The third-order valence-corrected chi connectivity index (χ3v) is 0.904. The topological polar surface area (TPSA) is 24.4 Å². The summed E-state index contributed by atoms with van der Waals surface area (Å²) in [6.07, 6.45) is 3.98. The summed E-state index contributed by atoms with van der Waals surface area (Å²) in [6.45, 7) is 1.81. The van der Waals surface area contributed by atoms with Crippen molar-refractivity contribution in [3.63, 3.8) is 0 Å². The molecule has 1 rings (SSSR count).